The Hall–Kier alpha value is -1.82. The van der Waals surface area contributed by atoms with Crippen LogP contribution in [0.4, 0.5) is 5.69 Å². The van der Waals surface area contributed by atoms with Gasteiger partial charge in [-0.2, -0.15) is 0 Å². The molecular weight excluding hydrogens is 347 g/mol. The molecule has 2 aromatic rings. The summed E-state index contributed by atoms with van der Waals surface area (Å²) in [5, 5.41) is 0. The van der Waals surface area contributed by atoms with E-state index >= 15 is 0 Å². The molecule has 0 N–H and O–H groups in total. The summed E-state index contributed by atoms with van der Waals surface area (Å²) in [6, 6.07) is 19.4. The molecule has 0 saturated carbocycles. The lowest BCUT2D eigenvalue weighted by Gasteiger charge is -2.36. The highest BCUT2D eigenvalue weighted by atomic mass is 16.7. The monoisotopic (exact) mass is 378 g/mol. The van der Waals surface area contributed by atoms with Gasteiger partial charge >= 0.3 is 7.12 Å². The molecule has 4 rings (SSSR count). The normalized spacial score (nSPS) is 21.9. The van der Waals surface area contributed by atoms with E-state index in [1.807, 2.05) is 0 Å². The van der Waals surface area contributed by atoms with Gasteiger partial charge in [-0.1, -0.05) is 42.5 Å². The fraction of sp³-hybridized carbons (Fsp3) is 0.478. The van der Waals surface area contributed by atoms with E-state index < -0.39 is 0 Å². The second-order valence-corrected chi connectivity index (χ2v) is 8.93. The Morgan fingerprint density at radius 3 is 1.93 bits per heavy atom. The van der Waals surface area contributed by atoms with Gasteiger partial charge in [0.1, 0.15) is 0 Å². The second-order valence-electron chi connectivity index (χ2n) is 8.93. The van der Waals surface area contributed by atoms with E-state index in [4.69, 9.17) is 9.31 Å². The zero-order valence-electron chi connectivity index (χ0n) is 17.5. The summed E-state index contributed by atoms with van der Waals surface area (Å²) in [6.07, 6.45) is 0. The van der Waals surface area contributed by atoms with Crippen LogP contribution in [-0.4, -0.2) is 49.4 Å². The Morgan fingerprint density at radius 1 is 0.786 bits per heavy atom. The first-order valence-corrected chi connectivity index (χ1v) is 10.3. The van der Waals surface area contributed by atoms with Crippen molar-refractivity contribution in [1.29, 1.82) is 0 Å². The van der Waals surface area contributed by atoms with Crippen molar-refractivity contribution < 1.29 is 9.31 Å². The lowest BCUT2D eigenvalue weighted by atomic mass is 9.79. The third-order valence-electron chi connectivity index (χ3n) is 6.40. The average molecular weight is 378 g/mol. The van der Waals surface area contributed by atoms with Crippen molar-refractivity contribution in [2.45, 2.75) is 45.4 Å². The number of hydrogen-bond acceptors (Lipinski definition) is 4. The quantitative estimate of drug-likeness (QED) is 0.763. The average Bonchev–Trinajstić information content (AvgIpc) is 2.91. The first-order chi connectivity index (χ1) is 13.3. The van der Waals surface area contributed by atoms with E-state index in [2.05, 4.69) is 92.1 Å². The number of benzene rings is 2. The van der Waals surface area contributed by atoms with Gasteiger partial charge in [0.2, 0.25) is 0 Å². The smallest absolute Gasteiger partial charge is 0.399 e. The zero-order chi connectivity index (χ0) is 19.8. The topological polar surface area (TPSA) is 24.9 Å². The molecule has 148 valence electrons. The maximum atomic E-state index is 6.16. The van der Waals surface area contributed by atoms with Gasteiger partial charge < -0.3 is 14.2 Å². The first kappa shape index (κ1) is 19.5. The van der Waals surface area contributed by atoms with Crippen LogP contribution in [0.5, 0.6) is 0 Å². The zero-order valence-corrected chi connectivity index (χ0v) is 17.5. The van der Waals surface area contributed by atoms with E-state index in [9.17, 15) is 0 Å². The molecule has 2 heterocycles. The standard InChI is InChI=1S/C23H31BN2O2/c1-22(2)23(3,4)28-24(27-22)20-12-10-19(11-13-20)18-25-14-16-26(17-15-25)21-8-6-5-7-9-21/h5-13H,14-18H2,1-4H3. The summed E-state index contributed by atoms with van der Waals surface area (Å²) in [5.74, 6) is 0. The molecule has 4 nitrogen and oxygen atoms in total. The van der Waals surface area contributed by atoms with E-state index in [1.54, 1.807) is 0 Å². The SMILES string of the molecule is CC1(C)OB(c2ccc(CN3CCN(c4ccccc4)CC3)cc2)OC1(C)C. The highest BCUT2D eigenvalue weighted by Crippen LogP contribution is 2.36. The Balaban J connectivity index is 1.32. The van der Waals surface area contributed by atoms with E-state index in [0.29, 0.717) is 0 Å². The largest absolute Gasteiger partial charge is 0.494 e. The van der Waals surface area contributed by atoms with E-state index in [0.717, 1.165) is 38.2 Å². The van der Waals surface area contributed by atoms with Crippen molar-refractivity contribution in [2.24, 2.45) is 0 Å². The van der Waals surface area contributed by atoms with Crippen molar-refractivity contribution in [1.82, 2.24) is 4.90 Å². The van der Waals surface area contributed by atoms with Crippen LogP contribution in [0.25, 0.3) is 0 Å². The second kappa shape index (κ2) is 7.55. The van der Waals surface area contributed by atoms with Gasteiger partial charge in [-0.25, -0.2) is 0 Å². The van der Waals surface area contributed by atoms with Crippen LogP contribution in [0.3, 0.4) is 0 Å². The molecule has 0 spiro atoms. The Morgan fingerprint density at radius 2 is 1.36 bits per heavy atom. The summed E-state index contributed by atoms with van der Waals surface area (Å²) in [5.41, 5.74) is 3.17. The van der Waals surface area contributed by atoms with Gasteiger partial charge in [-0.05, 0) is 50.9 Å². The van der Waals surface area contributed by atoms with Crippen LogP contribution < -0.4 is 10.4 Å². The van der Waals surface area contributed by atoms with Crippen molar-refractivity contribution in [2.75, 3.05) is 31.1 Å². The Bertz CT molecular complexity index is 768. The van der Waals surface area contributed by atoms with Crippen LogP contribution >= 0.6 is 0 Å². The van der Waals surface area contributed by atoms with Crippen LogP contribution in [0.2, 0.25) is 0 Å². The molecule has 2 fully saturated rings. The molecule has 5 heteroatoms. The van der Waals surface area contributed by atoms with Crippen molar-refractivity contribution >= 4 is 18.3 Å². The fourth-order valence-electron chi connectivity index (χ4n) is 3.82. The van der Waals surface area contributed by atoms with Gasteiger partial charge in [-0.15, -0.1) is 0 Å². The van der Waals surface area contributed by atoms with Crippen LogP contribution in [-0.2, 0) is 15.9 Å². The molecule has 2 saturated heterocycles. The van der Waals surface area contributed by atoms with E-state index in [1.165, 1.54) is 11.3 Å². The minimum absolute atomic E-state index is 0.284. The van der Waals surface area contributed by atoms with Crippen LogP contribution in [0.15, 0.2) is 54.6 Å². The maximum Gasteiger partial charge on any atom is 0.494 e. The van der Waals surface area contributed by atoms with Crippen molar-refractivity contribution in [3.63, 3.8) is 0 Å². The highest BCUT2D eigenvalue weighted by Gasteiger charge is 2.51. The predicted molar refractivity (Wildman–Crippen MR) is 116 cm³/mol. The number of anilines is 1. The highest BCUT2D eigenvalue weighted by molar-refractivity contribution is 6.62. The molecule has 0 aromatic heterocycles. The molecule has 0 atom stereocenters. The number of rotatable bonds is 4. The molecule has 28 heavy (non-hydrogen) atoms. The van der Waals surface area contributed by atoms with Gasteiger partial charge in [-0.3, -0.25) is 4.90 Å². The molecule has 0 unspecified atom stereocenters. The molecular formula is C23H31BN2O2. The van der Waals surface area contributed by atoms with Crippen molar-refractivity contribution in [3.8, 4) is 0 Å². The third-order valence-corrected chi connectivity index (χ3v) is 6.40. The maximum absolute atomic E-state index is 6.16. The number of para-hydroxylation sites is 1. The lowest BCUT2D eigenvalue weighted by molar-refractivity contribution is 0.00578. The molecule has 2 aliphatic rings. The lowest BCUT2D eigenvalue weighted by Crippen LogP contribution is -2.46. The van der Waals surface area contributed by atoms with Crippen LogP contribution in [0.1, 0.15) is 33.3 Å². The Kier molecular flexibility index (Phi) is 5.25. The summed E-state index contributed by atoms with van der Waals surface area (Å²) in [4.78, 5) is 5.00. The van der Waals surface area contributed by atoms with Gasteiger partial charge in [0.25, 0.3) is 0 Å². The molecule has 0 aliphatic carbocycles. The number of nitrogens with zero attached hydrogens (tertiary/aromatic N) is 2. The first-order valence-electron chi connectivity index (χ1n) is 10.3. The summed E-state index contributed by atoms with van der Waals surface area (Å²) < 4.78 is 12.3. The predicted octanol–water partition coefficient (Wildman–Crippen LogP) is 3.31. The fourth-order valence-corrected chi connectivity index (χ4v) is 3.82. The van der Waals surface area contributed by atoms with E-state index in [-0.39, 0.29) is 18.3 Å². The van der Waals surface area contributed by atoms with Gasteiger partial charge in [0.05, 0.1) is 11.2 Å². The molecule has 0 bridgehead atoms. The third kappa shape index (κ3) is 3.98. The van der Waals surface area contributed by atoms with Crippen molar-refractivity contribution in [3.05, 3.63) is 60.2 Å². The molecule has 0 radical (unpaired) electrons. The molecule has 2 aromatic carbocycles. The van der Waals surface area contributed by atoms with Gasteiger partial charge in [0, 0.05) is 38.4 Å². The summed E-state index contributed by atoms with van der Waals surface area (Å²) in [7, 11) is -0.284. The molecule has 2 aliphatic heterocycles. The summed E-state index contributed by atoms with van der Waals surface area (Å²) in [6.45, 7) is 13.7. The minimum atomic E-state index is -0.297. The minimum Gasteiger partial charge on any atom is -0.399 e. The Labute approximate surface area is 169 Å². The van der Waals surface area contributed by atoms with Gasteiger partial charge in [0.15, 0.2) is 0 Å². The molecule has 0 amide bonds. The number of hydrogen-bond donors (Lipinski definition) is 0. The number of piperazine rings is 1. The summed E-state index contributed by atoms with van der Waals surface area (Å²) >= 11 is 0. The van der Waals surface area contributed by atoms with Crippen LogP contribution in [0, 0.1) is 0 Å².